The number of hydrogen-bond acceptors (Lipinski definition) is 8. The first-order valence-electron chi connectivity index (χ1n) is 20.6. The Balaban J connectivity index is 1.12. The summed E-state index contributed by atoms with van der Waals surface area (Å²) in [6.45, 7) is 17.8. The molecule has 4 saturated heterocycles. The molecule has 4 unspecified atom stereocenters. The second-order valence-electron chi connectivity index (χ2n) is 17.4. The zero-order valence-electron chi connectivity index (χ0n) is 31.1. The van der Waals surface area contributed by atoms with Crippen LogP contribution in [0.3, 0.4) is 0 Å². The van der Waals surface area contributed by atoms with Crippen molar-refractivity contribution < 1.29 is 0 Å². The standard InChI is InChI=1S/C45H52N8/c1-13-46-25-33-21-37(5-9-41(33)50(17-1)29-46)45(38-6-10-42-34(22-38)26-47-14-2-18-51(42)30-47,39-7-11-43-35(23-39)27-48-15-3-19-52(43)31-48)40-8-12-44-36(24-40)28-49-16-4-20-53(44)32-49/h5-12,21-24H,1-4,13-20,25-32H2. The average molecular weight is 705 g/mol. The van der Waals surface area contributed by atoms with Gasteiger partial charge in [0.05, 0.1) is 32.1 Å². The minimum atomic E-state index is -0.475. The van der Waals surface area contributed by atoms with Crippen molar-refractivity contribution in [1.82, 2.24) is 19.6 Å². The molecular weight excluding hydrogens is 653 g/mol. The summed E-state index contributed by atoms with van der Waals surface area (Å²) in [6, 6.07) is 30.6. The Hall–Kier alpha value is -4.08. The van der Waals surface area contributed by atoms with E-state index in [2.05, 4.69) is 112 Å². The number of benzene rings is 4. The first-order chi connectivity index (χ1) is 26.2. The van der Waals surface area contributed by atoms with Crippen LogP contribution in [-0.4, -0.2) is 98.6 Å². The first kappa shape index (κ1) is 31.3. The van der Waals surface area contributed by atoms with Gasteiger partial charge in [-0.25, -0.2) is 0 Å². The third-order valence-corrected chi connectivity index (χ3v) is 14.1. The molecule has 8 nitrogen and oxygen atoms in total. The van der Waals surface area contributed by atoms with Crippen molar-refractivity contribution in [1.29, 1.82) is 0 Å². The lowest BCUT2D eigenvalue weighted by atomic mass is 9.63. The van der Waals surface area contributed by atoms with Crippen LogP contribution in [0.2, 0.25) is 0 Å². The van der Waals surface area contributed by atoms with E-state index < -0.39 is 5.41 Å². The fourth-order valence-electron chi connectivity index (χ4n) is 11.8. The van der Waals surface area contributed by atoms with E-state index in [-0.39, 0.29) is 0 Å². The molecule has 4 atom stereocenters. The van der Waals surface area contributed by atoms with Crippen LogP contribution in [-0.2, 0) is 31.6 Å². The molecule has 8 aliphatic rings. The highest BCUT2D eigenvalue weighted by molar-refractivity contribution is 5.71. The summed E-state index contributed by atoms with van der Waals surface area (Å²) in [6.07, 6.45) is 5.00. The van der Waals surface area contributed by atoms with Gasteiger partial charge in [0.25, 0.3) is 0 Å². The summed E-state index contributed by atoms with van der Waals surface area (Å²) in [5, 5.41) is 0. The van der Waals surface area contributed by atoms with E-state index in [1.54, 1.807) is 0 Å². The maximum Gasteiger partial charge on any atom is 0.0710 e. The van der Waals surface area contributed by atoms with Crippen molar-refractivity contribution in [2.75, 3.05) is 98.6 Å². The van der Waals surface area contributed by atoms with Gasteiger partial charge in [-0.05, 0) is 94.5 Å². The summed E-state index contributed by atoms with van der Waals surface area (Å²) in [4.78, 5) is 21.1. The molecule has 4 aromatic carbocycles. The van der Waals surface area contributed by atoms with Gasteiger partial charge < -0.3 is 19.6 Å². The summed E-state index contributed by atoms with van der Waals surface area (Å²) >= 11 is 0. The van der Waals surface area contributed by atoms with Crippen molar-refractivity contribution in [3.05, 3.63) is 117 Å². The Morgan fingerprint density at radius 2 is 0.585 bits per heavy atom. The van der Waals surface area contributed by atoms with Gasteiger partial charge in [0.2, 0.25) is 0 Å². The van der Waals surface area contributed by atoms with E-state index in [9.17, 15) is 0 Å². The highest BCUT2D eigenvalue weighted by atomic mass is 15.4. The normalized spacial score (nSPS) is 27.6. The Morgan fingerprint density at radius 1 is 0.321 bits per heavy atom. The van der Waals surface area contributed by atoms with Crippen LogP contribution in [0, 0.1) is 0 Å². The van der Waals surface area contributed by atoms with Gasteiger partial charge >= 0.3 is 0 Å². The molecule has 4 fully saturated rings. The molecule has 0 saturated carbocycles. The highest BCUT2D eigenvalue weighted by Crippen LogP contribution is 2.51. The predicted molar refractivity (Wildman–Crippen MR) is 214 cm³/mol. The summed E-state index contributed by atoms with van der Waals surface area (Å²) in [7, 11) is 0. The Bertz CT molecular complexity index is 1810. The van der Waals surface area contributed by atoms with Crippen LogP contribution in [0.15, 0.2) is 72.8 Å². The van der Waals surface area contributed by atoms with Crippen molar-refractivity contribution in [3.8, 4) is 0 Å². The molecule has 0 amide bonds. The number of hydrogen-bond donors (Lipinski definition) is 0. The lowest BCUT2D eigenvalue weighted by Crippen LogP contribution is -2.49. The average Bonchev–Trinajstić information content (AvgIpc) is 3.18. The third kappa shape index (κ3) is 4.88. The number of rotatable bonds is 4. The van der Waals surface area contributed by atoms with Crippen LogP contribution in [0.5, 0.6) is 0 Å². The molecule has 0 radical (unpaired) electrons. The molecule has 8 heterocycles. The molecule has 0 aliphatic carbocycles. The van der Waals surface area contributed by atoms with Crippen molar-refractivity contribution in [2.24, 2.45) is 0 Å². The fourth-order valence-corrected chi connectivity index (χ4v) is 11.8. The topological polar surface area (TPSA) is 25.9 Å². The van der Waals surface area contributed by atoms with Crippen LogP contribution in [0.4, 0.5) is 22.7 Å². The zero-order chi connectivity index (χ0) is 34.7. The van der Waals surface area contributed by atoms with E-state index in [1.807, 2.05) is 0 Å². The molecule has 0 N–H and O–H groups in total. The number of nitrogens with zero attached hydrogens (tertiary/aromatic N) is 8. The SMILES string of the molecule is c1cc2c(cc1C(c1ccc3c(c1)CN1CCCN3C1)(c1ccc3c(c1)CN1CCCN3C1)c1ccc3c(c1)CN1CCCN3C1)CN1CCCN2C1. The Labute approximate surface area is 314 Å². The molecule has 4 aromatic rings. The van der Waals surface area contributed by atoms with E-state index in [4.69, 9.17) is 0 Å². The lowest BCUT2D eigenvalue weighted by Gasteiger charge is -2.46. The molecule has 8 aliphatic heterocycles. The monoisotopic (exact) mass is 704 g/mol. The lowest BCUT2D eigenvalue weighted by molar-refractivity contribution is 0.219. The van der Waals surface area contributed by atoms with Gasteiger partial charge in [-0.1, -0.05) is 48.5 Å². The van der Waals surface area contributed by atoms with E-state index in [0.29, 0.717) is 0 Å². The van der Waals surface area contributed by atoms with Gasteiger partial charge in [-0.15, -0.1) is 0 Å². The quantitative estimate of drug-likeness (QED) is 0.239. The molecular formula is C45H52N8. The highest BCUT2D eigenvalue weighted by Gasteiger charge is 2.43. The van der Waals surface area contributed by atoms with Gasteiger partial charge in [0.1, 0.15) is 0 Å². The van der Waals surface area contributed by atoms with E-state index >= 15 is 0 Å². The van der Waals surface area contributed by atoms with Gasteiger partial charge in [-0.3, -0.25) is 19.6 Å². The summed E-state index contributed by atoms with van der Waals surface area (Å²) < 4.78 is 0. The smallest absolute Gasteiger partial charge is 0.0710 e. The van der Waals surface area contributed by atoms with Crippen LogP contribution in [0.25, 0.3) is 0 Å². The zero-order valence-corrected chi connectivity index (χ0v) is 31.1. The van der Waals surface area contributed by atoms with Crippen LogP contribution < -0.4 is 19.6 Å². The Kier molecular flexibility index (Phi) is 7.06. The third-order valence-electron chi connectivity index (χ3n) is 14.1. The van der Waals surface area contributed by atoms with Gasteiger partial charge in [0.15, 0.2) is 0 Å². The molecule has 0 aromatic heterocycles. The van der Waals surface area contributed by atoms with Crippen LogP contribution >= 0.6 is 0 Å². The van der Waals surface area contributed by atoms with Gasteiger partial charge in [0, 0.05) is 101 Å². The molecule has 8 heteroatoms. The minimum absolute atomic E-state index is 0.475. The molecule has 8 bridgehead atoms. The fraction of sp³-hybridized carbons (Fsp3) is 0.467. The van der Waals surface area contributed by atoms with Gasteiger partial charge in [-0.2, -0.15) is 0 Å². The largest absolute Gasteiger partial charge is 0.358 e. The number of fused-ring (bicyclic) bond motifs is 16. The molecule has 272 valence electrons. The Morgan fingerprint density at radius 3 is 0.849 bits per heavy atom. The minimum Gasteiger partial charge on any atom is -0.358 e. The summed E-state index contributed by atoms with van der Waals surface area (Å²) in [5.74, 6) is 0. The van der Waals surface area contributed by atoms with Crippen molar-refractivity contribution in [3.63, 3.8) is 0 Å². The maximum atomic E-state index is 2.65. The molecule has 0 spiro atoms. The first-order valence-corrected chi connectivity index (χ1v) is 20.6. The predicted octanol–water partition coefficient (Wildman–Crippen LogP) is 6.00. The maximum absolute atomic E-state index is 2.65. The second-order valence-corrected chi connectivity index (χ2v) is 17.4. The van der Waals surface area contributed by atoms with E-state index in [1.165, 1.54) is 119 Å². The number of anilines is 4. The summed E-state index contributed by atoms with van der Waals surface area (Å²) in [5.41, 5.74) is 16.8. The van der Waals surface area contributed by atoms with Crippen molar-refractivity contribution >= 4 is 22.7 Å². The van der Waals surface area contributed by atoms with Crippen molar-refractivity contribution in [2.45, 2.75) is 57.3 Å². The van der Waals surface area contributed by atoms with Crippen LogP contribution in [0.1, 0.15) is 70.2 Å². The molecule has 53 heavy (non-hydrogen) atoms. The molecule has 12 rings (SSSR count). The second kappa shape index (κ2) is 12.0. The van der Waals surface area contributed by atoms with E-state index in [0.717, 1.165) is 79.0 Å².